The molecule has 3 rings (SSSR count). The molecule has 0 atom stereocenters. The van der Waals surface area contributed by atoms with Crippen molar-refractivity contribution in [1.82, 2.24) is 14.8 Å². The van der Waals surface area contributed by atoms with E-state index in [9.17, 15) is 10.1 Å². The van der Waals surface area contributed by atoms with Crippen LogP contribution in [-0.2, 0) is 15.1 Å². The third-order valence-electron chi connectivity index (χ3n) is 7.51. The van der Waals surface area contributed by atoms with Gasteiger partial charge in [0.1, 0.15) is 28.7 Å². The molecule has 0 saturated heterocycles. The number of pyridine rings is 1. The Morgan fingerprint density at radius 2 is 1.48 bits per heavy atom. The number of nitrogens with zero attached hydrogens (tertiary/aromatic N) is 4. The van der Waals surface area contributed by atoms with Gasteiger partial charge in [-0.05, 0) is 72.6 Å². The Labute approximate surface area is 275 Å². The molecule has 3 aromatic rings. The standard InChI is InChI=1S/C37H54N6O3/c1-36(2,3)43-35(31(27-38)34(42-43)28-19-21-29(39)22-20-28)41-30-23-24-40-32(26-30)45-25-17-15-13-11-9-7-8-10-12-14-16-18-33(44)46-37(4,5)6/h19-24,26H,7-18,25,39H2,1-6H3,(H,40,41). The van der Waals surface area contributed by atoms with E-state index in [-0.39, 0.29) is 17.1 Å². The number of nitriles is 1. The fourth-order valence-corrected chi connectivity index (χ4v) is 5.20. The van der Waals surface area contributed by atoms with E-state index in [0.29, 0.717) is 41.7 Å². The highest BCUT2D eigenvalue weighted by Crippen LogP contribution is 2.34. The third kappa shape index (κ3) is 12.4. The summed E-state index contributed by atoms with van der Waals surface area (Å²) in [6, 6.07) is 13.5. The zero-order valence-corrected chi connectivity index (χ0v) is 28.8. The number of ether oxygens (including phenoxy) is 2. The molecular formula is C37H54N6O3. The lowest BCUT2D eigenvalue weighted by Gasteiger charge is -2.23. The summed E-state index contributed by atoms with van der Waals surface area (Å²) in [5, 5.41) is 18.4. The second-order valence-electron chi connectivity index (χ2n) is 14.0. The van der Waals surface area contributed by atoms with Gasteiger partial charge >= 0.3 is 5.97 Å². The fraction of sp³-hybridized carbons (Fsp3) is 0.568. The molecule has 0 aliphatic heterocycles. The van der Waals surface area contributed by atoms with Crippen LogP contribution in [0.25, 0.3) is 11.3 Å². The second kappa shape index (κ2) is 17.6. The molecule has 2 aromatic heterocycles. The van der Waals surface area contributed by atoms with Gasteiger partial charge in [0, 0.05) is 35.6 Å². The third-order valence-corrected chi connectivity index (χ3v) is 7.51. The van der Waals surface area contributed by atoms with Crippen LogP contribution in [0.1, 0.15) is 124 Å². The highest BCUT2D eigenvalue weighted by atomic mass is 16.6. The molecule has 0 bridgehead atoms. The molecule has 0 fully saturated rings. The maximum absolute atomic E-state index is 11.8. The predicted octanol–water partition coefficient (Wildman–Crippen LogP) is 9.30. The average Bonchev–Trinajstić information content (AvgIpc) is 3.35. The molecule has 0 amide bonds. The minimum Gasteiger partial charge on any atom is -0.478 e. The maximum Gasteiger partial charge on any atom is 0.306 e. The normalized spacial score (nSPS) is 11.7. The fourth-order valence-electron chi connectivity index (χ4n) is 5.20. The number of aromatic nitrogens is 3. The number of rotatable bonds is 18. The zero-order valence-electron chi connectivity index (χ0n) is 28.8. The van der Waals surface area contributed by atoms with Crippen LogP contribution < -0.4 is 15.8 Å². The topological polar surface area (TPSA) is 128 Å². The summed E-state index contributed by atoms with van der Waals surface area (Å²) in [7, 11) is 0. The highest BCUT2D eigenvalue weighted by molar-refractivity contribution is 5.77. The molecular weight excluding hydrogens is 576 g/mol. The summed E-state index contributed by atoms with van der Waals surface area (Å²) in [5.74, 6) is 1.09. The van der Waals surface area contributed by atoms with Crippen molar-refractivity contribution in [2.75, 3.05) is 17.7 Å². The smallest absolute Gasteiger partial charge is 0.306 e. The Kier molecular flexibility index (Phi) is 13.9. The molecule has 2 heterocycles. The van der Waals surface area contributed by atoms with E-state index in [4.69, 9.17) is 20.3 Å². The lowest BCUT2D eigenvalue weighted by Crippen LogP contribution is -2.24. The number of benzene rings is 1. The van der Waals surface area contributed by atoms with E-state index in [1.54, 1.807) is 6.20 Å². The summed E-state index contributed by atoms with van der Waals surface area (Å²) in [6.45, 7) is 12.5. The van der Waals surface area contributed by atoms with Gasteiger partial charge in [-0.2, -0.15) is 10.4 Å². The van der Waals surface area contributed by atoms with Crippen molar-refractivity contribution in [1.29, 1.82) is 5.26 Å². The van der Waals surface area contributed by atoms with Crippen LogP contribution in [0, 0.1) is 11.3 Å². The van der Waals surface area contributed by atoms with Crippen molar-refractivity contribution >= 4 is 23.2 Å². The summed E-state index contributed by atoms with van der Waals surface area (Å²) in [4.78, 5) is 16.1. The SMILES string of the molecule is CC(C)(C)OC(=O)CCCCCCCCCCCCCOc1cc(Nc2c(C#N)c(-c3ccc(N)cc3)nn2C(C)(C)C)ccn1. The molecule has 0 unspecified atom stereocenters. The molecule has 0 radical (unpaired) electrons. The number of esters is 1. The van der Waals surface area contributed by atoms with Crippen molar-refractivity contribution < 1.29 is 14.3 Å². The van der Waals surface area contributed by atoms with Crippen molar-refractivity contribution in [3.05, 3.63) is 48.2 Å². The summed E-state index contributed by atoms with van der Waals surface area (Å²) in [5.41, 5.74) is 8.47. The van der Waals surface area contributed by atoms with Crippen LogP contribution in [0.4, 0.5) is 17.2 Å². The largest absolute Gasteiger partial charge is 0.478 e. The highest BCUT2D eigenvalue weighted by Gasteiger charge is 2.26. The van der Waals surface area contributed by atoms with Gasteiger partial charge in [0.25, 0.3) is 0 Å². The Bertz CT molecular complexity index is 1410. The van der Waals surface area contributed by atoms with E-state index in [1.807, 2.05) is 61.9 Å². The Balaban J connectivity index is 1.36. The van der Waals surface area contributed by atoms with Crippen molar-refractivity contribution in [3.8, 4) is 23.2 Å². The number of nitrogen functional groups attached to an aromatic ring is 1. The maximum atomic E-state index is 11.8. The Morgan fingerprint density at radius 1 is 0.891 bits per heavy atom. The molecule has 9 nitrogen and oxygen atoms in total. The van der Waals surface area contributed by atoms with Gasteiger partial charge < -0.3 is 20.5 Å². The van der Waals surface area contributed by atoms with Gasteiger partial charge in [0.15, 0.2) is 0 Å². The minimum absolute atomic E-state index is 0.0833. The molecule has 0 aliphatic rings. The first-order chi connectivity index (χ1) is 21.9. The number of hydrogen-bond donors (Lipinski definition) is 2. The van der Waals surface area contributed by atoms with Crippen molar-refractivity contribution in [2.24, 2.45) is 0 Å². The number of hydrogen-bond acceptors (Lipinski definition) is 8. The lowest BCUT2D eigenvalue weighted by atomic mass is 10.1. The van der Waals surface area contributed by atoms with E-state index in [1.165, 1.54) is 44.9 Å². The number of carbonyl (C=O) groups is 1. The number of carbonyl (C=O) groups excluding carboxylic acids is 1. The number of unbranched alkanes of at least 4 members (excludes halogenated alkanes) is 10. The minimum atomic E-state index is -0.389. The molecule has 3 N–H and O–H groups in total. The first kappa shape index (κ1) is 36.4. The molecule has 46 heavy (non-hydrogen) atoms. The van der Waals surface area contributed by atoms with E-state index in [0.717, 1.165) is 36.9 Å². The van der Waals surface area contributed by atoms with E-state index in [2.05, 4.69) is 37.1 Å². The number of nitrogens with one attached hydrogen (secondary N) is 1. The first-order valence-electron chi connectivity index (χ1n) is 16.8. The average molecular weight is 631 g/mol. The monoisotopic (exact) mass is 630 g/mol. The molecule has 0 saturated carbocycles. The molecule has 1 aromatic carbocycles. The number of anilines is 3. The zero-order chi connectivity index (χ0) is 33.6. The molecule has 9 heteroatoms. The summed E-state index contributed by atoms with van der Waals surface area (Å²) < 4.78 is 13.2. The van der Waals surface area contributed by atoms with Crippen LogP contribution in [0.15, 0.2) is 42.6 Å². The second-order valence-corrected chi connectivity index (χ2v) is 14.0. The quantitative estimate of drug-likeness (QED) is 0.0808. The number of nitrogens with two attached hydrogens (primary N) is 1. The Hall–Kier alpha value is -4.06. The summed E-state index contributed by atoms with van der Waals surface area (Å²) >= 11 is 0. The van der Waals surface area contributed by atoms with Crippen LogP contribution in [0.3, 0.4) is 0 Å². The van der Waals surface area contributed by atoms with Gasteiger partial charge in [-0.3, -0.25) is 4.79 Å². The molecule has 0 aliphatic carbocycles. The van der Waals surface area contributed by atoms with Crippen LogP contribution >= 0.6 is 0 Å². The van der Waals surface area contributed by atoms with Gasteiger partial charge in [-0.25, -0.2) is 9.67 Å². The van der Waals surface area contributed by atoms with Crippen LogP contribution in [0.5, 0.6) is 5.88 Å². The first-order valence-corrected chi connectivity index (χ1v) is 16.8. The van der Waals surface area contributed by atoms with Crippen molar-refractivity contribution in [3.63, 3.8) is 0 Å². The molecule has 250 valence electrons. The van der Waals surface area contributed by atoms with Crippen LogP contribution in [0.2, 0.25) is 0 Å². The predicted molar refractivity (Wildman–Crippen MR) is 186 cm³/mol. The van der Waals surface area contributed by atoms with Gasteiger partial charge in [-0.15, -0.1) is 0 Å². The lowest BCUT2D eigenvalue weighted by molar-refractivity contribution is -0.154. The Morgan fingerprint density at radius 3 is 2.04 bits per heavy atom. The van der Waals surface area contributed by atoms with Crippen molar-refractivity contribution in [2.45, 2.75) is 130 Å². The van der Waals surface area contributed by atoms with Gasteiger partial charge in [0.2, 0.25) is 5.88 Å². The van der Waals surface area contributed by atoms with Gasteiger partial charge in [0.05, 0.1) is 12.1 Å². The van der Waals surface area contributed by atoms with E-state index >= 15 is 0 Å². The van der Waals surface area contributed by atoms with Gasteiger partial charge in [-0.1, -0.05) is 69.9 Å². The summed E-state index contributed by atoms with van der Waals surface area (Å²) in [6.07, 6.45) is 15.1. The molecule has 0 spiro atoms. The van der Waals surface area contributed by atoms with Crippen LogP contribution in [-0.4, -0.2) is 32.9 Å². The van der Waals surface area contributed by atoms with E-state index < -0.39 is 0 Å².